The molecule has 4 rings (SSSR count). The molecule has 0 radical (unpaired) electrons. The van der Waals surface area contributed by atoms with Gasteiger partial charge in [0.2, 0.25) is 12.4 Å². The third kappa shape index (κ3) is 4.05. The van der Waals surface area contributed by atoms with Crippen molar-refractivity contribution in [3.63, 3.8) is 0 Å². The van der Waals surface area contributed by atoms with Gasteiger partial charge in [-0.15, -0.1) is 0 Å². The second kappa shape index (κ2) is 7.89. The number of nitrogens with one attached hydrogen (secondary N) is 1. The standard InChI is InChI=1S/C21H19ClN6O/c1-14-3-5-18(6-4-14)25-21-24-10-15-7-8-28(20(15)26-21)12-16-9-17(22)11-23-19(16)27(2)13-29/h3-11,13H,12H2,1-2H3,(H,24,25,26). The second-order valence-electron chi connectivity index (χ2n) is 6.76. The summed E-state index contributed by atoms with van der Waals surface area (Å²) in [4.78, 5) is 26.0. The van der Waals surface area contributed by atoms with E-state index in [0.29, 0.717) is 23.3 Å². The van der Waals surface area contributed by atoms with E-state index >= 15 is 0 Å². The SMILES string of the molecule is Cc1ccc(Nc2ncc3ccn(Cc4cc(Cl)cnc4N(C)C=O)c3n2)cc1. The molecule has 0 atom stereocenters. The fourth-order valence-electron chi connectivity index (χ4n) is 3.07. The highest BCUT2D eigenvalue weighted by atomic mass is 35.5. The monoisotopic (exact) mass is 406 g/mol. The van der Waals surface area contributed by atoms with E-state index < -0.39 is 0 Å². The molecule has 1 aromatic carbocycles. The highest BCUT2D eigenvalue weighted by molar-refractivity contribution is 6.30. The smallest absolute Gasteiger partial charge is 0.229 e. The molecule has 4 aromatic rings. The predicted octanol–water partition coefficient (Wildman–Crippen LogP) is 4.17. The Kier molecular flexibility index (Phi) is 5.14. The van der Waals surface area contributed by atoms with E-state index in [2.05, 4.69) is 20.3 Å². The number of amides is 1. The molecule has 3 aromatic heterocycles. The van der Waals surface area contributed by atoms with Crippen molar-refractivity contribution in [3.8, 4) is 0 Å². The van der Waals surface area contributed by atoms with Gasteiger partial charge >= 0.3 is 0 Å². The van der Waals surface area contributed by atoms with Gasteiger partial charge in [-0.25, -0.2) is 9.97 Å². The van der Waals surface area contributed by atoms with Gasteiger partial charge in [-0.3, -0.25) is 4.79 Å². The third-order valence-corrected chi connectivity index (χ3v) is 4.76. The first-order valence-electron chi connectivity index (χ1n) is 9.01. The first-order chi connectivity index (χ1) is 14.0. The van der Waals surface area contributed by atoms with E-state index in [1.54, 1.807) is 13.2 Å². The molecular formula is C21H19ClN6O. The molecule has 146 valence electrons. The van der Waals surface area contributed by atoms with Crippen LogP contribution in [0.3, 0.4) is 0 Å². The average Bonchev–Trinajstić information content (AvgIpc) is 3.11. The lowest BCUT2D eigenvalue weighted by molar-refractivity contribution is -0.107. The van der Waals surface area contributed by atoms with Crippen molar-refractivity contribution in [3.05, 3.63) is 71.1 Å². The number of nitrogens with zero attached hydrogens (tertiary/aromatic N) is 5. The van der Waals surface area contributed by atoms with Crippen LogP contribution in [0.25, 0.3) is 11.0 Å². The Morgan fingerprint density at radius 1 is 1.17 bits per heavy atom. The summed E-state index contributed by atoms with van der Waals surface area (Å²) in [5, 5.41) is 4.65. The highest BCUT2D eigenvalue weighted by Crippen LogP contribution is 2.24. The maximum Gasteiger partial charge on any atom is 0.229 e. The zero-order valence-electron chi connectivity index (χ0n) is 16.0. The van der Waals surface area contributed by atoms with E-state index in [-0.39, 0.29) is 0 Å². The predicted molar refractivity (Wildman–Crippen MR) is 115 cm³/mol. The second-order valence-corrected chi connectivity index (χ2v) is 7.20. The number of carbonyl (C=O) groups is 1. The Morgan fingerprint density at radius 3 is 2.72 bits per heavy atom. The number of halogens is 1. The Hall–Kier alpha value is -3.45. The molecule has 3 heterocycles. The molecule has 0 saturated heterocycles. The maximum atomic E-state index is 11.2. The molecule has 0 aliphatic carbocycles. The van der Waals surface area contributed by atoms with E-state index in [1.807, 2.05) is 54.1 Å². The van der Waals surface area contributed by atoms with E-state index in [9.17, 15) is 4.79 Å². The highest BCUT2D eigenvalue weighted by Gasteiger charge is 2.13. The van der Waals surface area contributed by atoms with Gasteiger partial charge in [0.25, 0.3) is 0 Å². The first-order valence-corrected chi connectivity index (χ1v) is 9.39. The molecule has 7 nitrogen and oxygen atoms in total. The molecule has 0 fully saturated rings. The van der Waals surface area contributed by atoms with Crippen molar-refractivity contribution in [1.29, 1.82) is 0 Å². The first kappa shape index (κ1) is 18.9. The number of aromatic nitrogens is 4. The van der Waals surface area contributed by atoms with Crippen molar-refractivity contribution in [2.24, 2.45) is 0 Å². The van der Waals surface area contributed by atoms with Crippen LogP contribution in [-0.4, -0.2) is 33.0 Å². The number of carbonyl (C=O) groups excluding carboxylic acids is 1. The summed E-state index contributed by atoms with van der Waals surface area (Å²) in [7, 11) is 1.66. The molecule has 1 amide bonds. The fraction of sp³-hybridized carbons (Fsp3) is 0.143. The van der Waals surface area contributed by atoms with E-state index in [1.165, 1.54) is 16.7 Å². The summed E-state index contributed by atoms with van der Waals surface area (Å²) >= 11 is 6.14. The van der Waals surface area contributed by atoms with Crippen molar-refractivity contribution >= 4 is 46.5 Å². The molecule has 1 N–H and O–H groups in total. The van der Waals surface area contributed by atoms with Crippen LogP contribution in [0, 0.1) is 6.92 Å². The van der Waals surface area contributed by atoms with Gasteiger partial charge in [0, 0.05) is 42.3 Å². The summed E-state index contributed by atoms with van der Waals surface area (Å²) in [5.74, 6) is 1.06. The van der Waals surface area contributed by atoms with E-state index in [4.69, 9.17) is 11.6 Å². The van der Waals surface area contributed by atoms with Crippen LogP contribution in [0.15, 0.2) is 55.0 Å². The summed E-state index contributed by atoms with van der Waals surface area (Å²) in [5.41, 5.74) is 3.69. The molecule has 0 aliphatic heterocycles. The molecule has 0 bridgehead atoms. The molecule has 0 aliphatic rings. The molecular weight excluding hydrogens is 388 g/mol. The largest absolute Gasteiger partial charge is 0.328 e. The Bertz CT molecular complexity index is 1170. The molecule has 0 saturated carbocycles. The van der Waals surface area contributed by atoms with Crippen molar-refractivity contribution < 1.29 is 4.79 Å². The fourth-order valence-corrected chi connectivity index (χ4v) is 3.25. The number of rotatable bonds is 6. The van der Waals surface area contributed by atoms with Gasteiger partial charge in [0.1, 0.15) is 11.5 Å². The summed E-state index contributed by atoms with van der Waals surface area (Å²) in [6, 6.07) is 11.8. The van der Waals surface area contributed by atoms with Gasteiger partial charge in [-0.2, -0.15) is 4.98 Å². The minimum Gasteiger partial charge on any atom is -0.328 e. The Balaban J connectivity index is 1.67. The average molecular weight is 407 g/mol. The van der Waals surface area contributed by atoms with Gasteiger partial charge in [-0.1, -0.05) is 29.3 Å². The molecule has 8 heteroatoms. The quantitative estimate of drug-likeness (QED) is 0.486. The minimum absolute atomic E-state index is 0.464. The maximum absolute atomic E-state index is 11.2. The Labute approximate surface area is 173 Å². The van der Waals surface area contributed by atoms with Gasteiger partial charge < -0.3 is 14.8 Å². The van der Waals surface area contributed by atoms with E-state index in [0.717, 1.165) is 28.7 Å². The zero-order chi connectivity index (χ0) is 20.4. The van der Waals surface area contributed by atoms with Crippen LogP contribution in [0.1, 0.15) is 11.1 Å². The van der Waals surface area contributed by atoms with Crippen molar-refractivity contribution in [1.82, 2.24) is 19.5 Å². The van der Waals surface area contributed by atoms with Crippen LogP contribution in [0.4, 0.5) is 17.5 Å². The number of pyridine rings is 1. The zero-order valence-corrected chi connectivity index (χ0v) is 16.8. The number of aryl methyl sites for hydroxylation is 1. The van der Waals surface area contributed by atoms with Crippen molar-refractivity contribution in [2.45, 2.75) is 13.5 Å². The van der Waals surface area contributed by atoms with Crippen LogP contribution >= 0.6 is 11.6 Å². The lowest BCUT2D eigenvalue weighted by Gasteiger charge is -2.16. The van der Waals surface area contributed by atoms with Crippen LogP contribution in [0.2, 0.25) is 5.02 Å². The summed E-state index contributed by atoms with van der Waals surface area (Å²) in [6.07, 6.45) is 5.96. The summed E-state index contributed by atoms with van der Waals surface area (Å²) < 4.78 is 1.98. The Morgan fingerprint density at radius 2 is 1.97 bits per heavy atom. The molecule has 0 spiro atoms. The normalized spacial score (nSPS) is 10.9. The number of fused-ring (bicyclic) bond motifs is 1. The van der Waals surface area contributed by atoms with Gasteiger partial charge in [0.15, 0.2) is 0 Å². The lowest BCUT2D eigenvalue weighted by atomic mass is 10.2. The van der Waals surface area contributed by atoms with Crippen LogP contribution in [0.5, 0.6) is 0 Å². The van der Waals surface area contributed by atoms with Crippen LogP contribution in [-0.2, 0) is 11.3 Å². The lowest BCUT2D eigenvalue weighted by Crippen LogP contribution is -2.18. The summed E-state index contributed by atoms with van der Waals surface area (Å²) in [6.45, 7) is 2.51. The minimum atomic E-state index is 0.464. The molecule has 0 unspecified atom stereocenters. The number of anilines is 3. The third-order valence-electron chi connectivity index (χ3n) is 4.55. The van der Waals surface area contributed by atoms with Gasteiger partial charge in [0.05, 0.1) is 11.6 Å². The van der Waals surface area contributed by atoms with Gasteiger partial charge in [-0.05, 0) is 31.2 Å². The topological polar surface area (TPSA) is 75.9 Å². The number of hydrogen-bond donors (Lipinski definition) is 1. The van der Waals surface area contributed by atoms with Crippen LogP contribution < -0.4 is 10.2 Å². The number of hydrogen-bond acceptors (Lipinski definition) is 5. The van der Waals surface area contributed by atoms with Crippen molar-refractivity contribution in [2.75, 3.05) is 17.3 Å². The number of benzene rings is 1. The molecule has 29 heavy (non-hydrogen) atoms.